The van der Waals surface area contributed by atoms with E-state index >= 15 is 0 Å². The van der Waals surface area contributed by atoms with Crippen LogP contribution in [0.25, 0.3) is 22.3 Å². The maximum absolute atomic E-state index is 7.14. The standard InChI is InChI=1S/C32H30P2.2C15H9.2Au/c1-25-23-31(33(27-15-7-3-8-16-27)28-17-9-4-10-18-28)32(24-26(25)2)34(29-19-11-5-12-20-29)30-21-13-6-14-22-30;1-2-11-7-8-15-13(9-11)10-12-5-3-4-6-14(12)15;1-2-11-7-8-13-10-12-5-3-4-6-14(12)15(13)9-11;;/h3-21,23-24,30H,22H2,1-2H3;2*3-9H,10H2;;/q;2*-1;2*+1/p+2. The predicted molar refractivity (Wildman–Crippen MR) is 279 cm³/mol. The summed E-state index contributed by atoms with van der Waals surface area (Å²) in [5.41, 5.74) is 15.7. The van der Waals surface area contributed by atoms with Crippen LogP contribution in [0.1, 0.15) is 50.9 Å². The molecule has 3 aliphatic rings. The van der Waals surface area contributed by atoms with Gasteiger partial charge in [0.15, 0.2) is 0 Å². The molecule has 3 aliphatic carbocycles. The summed E-state index contributed by atoms with van der Waals surface area (Å²) >= 11 is 0. The number of hydrogen-bond acceptors (Lipinski definition) is 0. The SMILES string of the molecule is Cc1cc([PH+](c2ccccc2)c2ccccc2)c([PH+](c2ccccc2)C2C=CC=CC2)cc1C.[Au+].[Au+].[C-]#Cc1ccc2c(c1)-c1ccccc1C2.[C-]#Cc1ccc2c(c1)Cc1ccccc1-2. The van der Waals surface area contributed by atoms with Crippen LogP contribution in [0.15, 0.2) is 212 Å². The van der Waals surface area contributed by atoms with Crippen molar-refractivity contribution < 1.29 is 44.8 Å². The van der Waals surface area contributed by atoms with Gasteiger partial charge in [-0.25, -0.2) is 0 Å². The van der Waals surface area contributed by atoms with E-state index in [2.05, 4.69) is 220 Å². The van der Waals surface area contributed by atoms with Crippen LogP contribution in [-0.2, 0) is 57.6 Å². The van der Waals surface area contributed by atoms with E-state index in [1.54, 1.807) is 10.6 Å². The van der Waals surface area contributed by atoms with Crippen molar-refractivity contribution in [1.29, 1.82) is 0 Å². The summed E-state index contributed by atoms with van der Waals surface area (Å²) in [5.74, 6) is 4.87. The number of allylic oxidation sites excluding steroid dienone is 4. The zero-order valence-electron chi connectivity index (χ0n) is 37.0. The molecule has 0 bridgehead atoms. The van der Waals surface area contributed by atoms with E-state index in [1.165, 1.54) is 71.5 Å². The van der Waals surface area contributed by atoms with Gasteiger partial charge in [0.05, 0.1) is 18.9 Å². The first-order valence-corrected chi connectivity index (χ1v) is 25.2. The maximum Gasteiger partial charge on any atom is 1.00 e. The number of rotatable bonds is 6. The zero-order valence-corrected chi connectivity index (χ0v) is 43.3. The van der Waals surface area contributed by atoms with Gasteiger partial charge in [0, 0.05) is 6.42 Å². The smallest absolute Gasteiger partial charge is 0.366 e. The second kappa shape index (κ2) is 22.9. The molecule has 0 fully saturated rings. The Morgan fingerprint density at radius 2 is 0.909 bits per heavy atom. The first-order valence-electron chi connectivity index (χ1n) is 22.1. The minimum Gasteiger partial charge on any atom is -0.366 e. The third-order valence-corrected chi connectivity index (χ3v) is 18.8. The Kier molecular flexibility index (Phi) is 16.9. The third-order valence-electron chi connectivity index (χ3n) is 12.6. The first-order chi connectivity index (χ1) is 31.5. The van der Waals surface area contributed by atoms with Crippen LogP contribution >= 0.6 is 15.8 Å². The molecule has 4 heteroatoms. The van der Waals surface area contributed by atoms with E-state index in [0.29, 0.717) is 5.66 Å². The minimum absolute atomic E-state index is 0. The van der Waals surface area contributed by atoms with Gasteiger partial charge >= 0.3 is 44.8 Å². The van der Waals surface area contributed by atoms with Crippen molar-refractivity contribution in [2.75, 3.05) is 0 Å². The molecule has 0 N–H and O–H groups in total. The number of hydrogen-bond donors (Lipinski definition) is 0. The molecule has 0 nitrogen and oxygen atoms in total. The van der Waals surface area contributed by atoms with Crippen LogP contribution in [0.5, 0.6) is 0 Å². The molecule has 0 aromatic heterocycles. The summed E-state index contributed by atoms with van der Waals surface area (Å²) in [6.45, 7) is 4.55. The third kappa shape index (κ3) is 10.8. The topological polar surface area (TPSA) is 0 Å². The Labute approximate surface area is 426 Å². The van der Waals surface area contributed by atoms with Crippen LogP contribution in [0.2, 0.25) is 0 Å². The molecule has 66 heavy (non-hydrogen) atoms. The molecule has 0 heterocycles. The second-order valence-corrected chi connectivity index (χ2v) is 21.8. The fourth-order valence-corrected chi connectivity index (χ4v) is 15.9. The number of fused-ring (bicyclic) bond motifs is 6. The predicted octanol–water partition coefficient (Wildman–Crippen LogP) is 12.2. The summed E-state index contributed by atoms with van der Waals surface area (Å²) in [7, 11) is -2.19. The Morgan fingerprint density at radius 3 is 1.48 bits per heavy atom. The number of aryl methyl sites for hydroxylation is 2. The summed E-state index contributed by atoms with van der Waals surface area (Å²) in [5, 5.41) is 7.56. The van der Waals surface area contributed by atoms with Crippen LogP contribution in [0.4, 0.5) is 0 Å². The quantitative estimate of drug-likeness (QED) is 0.0674. The first kappa shape index (κ1) is 48.6. The van der Waals surface area contributed by atoms with Crippen molar-refractivity contribution in [2.24, 2.45) is 0 Å². The van der Waals surface area contributed by atoms with Gasteiger partial charge in [-0.05, 0) is 131 Å². The van der Waals surface area contributed by atoms with Gasteiger partial charge in [-0.3, -0.25) is 11.8 Å². The molecule has 2 atom stereocenters. The Hall–Kier alpha value is -5.30. The average molecular weight is 1250 g/mol. The molecule has 0 saturated heterocycles. The van der Waals surface area contributed by atoms with E-state index in [1.807, 2.05) is 18.2 Å². The molecule has 0 radical (unpaired) electrons. The van der Waals surface area contributed by atoms with E-state index < -0.39 is 15.8 Å². The van der Waals surface area contributed by atoms with Gasteiger partial charge < -0.3 is 12.8 Å². The van der Waals surface area contributed by atoms with E-state index in [9.17, 15) is 0 Å². The molecular formula is C62H50Au2P2+2. The summed E-state index contributed by atoms with van der Waals surface area (Å²) < 4.78 is 0. The van der Waals surface area contributed by atoms with Gasteiger partial charge in [0.2, 0.25) is 0 Å². The van der Waals surface area contributed by atoms with Crippen LogP contribution in [0.3, 0.4) is 0 Å². The van der Waals surface area contributed by atoms with Crippen LogP contribution in [-0.4, -0.2) is 5.66 Å². The average Bonchev–Trinajstić information content (AvgIpc) is 3.92. The molecule has 2 unspecified atom stereocenters. The fraction of sp³-hybridized carbons (Fsp3) is 0.0968. The molecular weight excluding hydrogens is 1200 g/mol. The Balaban J connectivity index is 0.000000167. The van der Waals surface area contributed by atoms with Crippen molar-refractivity contribution in [3.05, 3.63) is 270 Å². The summed E-state index contributed by atoms with van der Waals surface area (Å²) in [6, 6.07) is 67.9. The molecule has 0 amide bonds. The van der Waals surface area contributed by atoms with Crippen LogP contribution in [0, 0.1) is 38.5 Å². The fourth-order valence-electron chi connectivity index (χ4n) is 9.34. The van der Waals surface area contributed by atoms with Gasteiger partial charge in [0.25, 0.3) is 0 Å². The molecule has 8 aromatic carbocycles. The summed E-state index contributed by atoms with van der Waals surface area (Å²) in [4.78, 5) is 0. The van der Waals surface area contributed by atoms with Crippen molar-refractivity contribution in [1.82, 2.24) is 0 Å². The Bertz CT molecular complexity index is 3040. The van der Waals surface area contributed by atoms with Gasteiger partial charge in [-0.2, -0.15) is 0 Å². The summed E-state index contributed by atoms with van der Waals surface area (Å²) in [6.07, 6.45) is 26.6. The normalized spacial score (nSPS) is 13.6. The van der Waals surface area contributed by atoms with Crippen molar-refractivity contribution >= 4 is 42.4 Å². The minimum atomic E-state index is -1.15. The van der Waals surface area contributed by atoms with Crippen molar-refractivity contribution in [3.8, 4) is 34.1 Å². The van der Waals surface area contributed by atoms with Gasteiger partial charge in [-0.15, -0.1) is 35.4 Å². The monoisotopic (exact) mass is 1250 g/mol. The van der Waals surface area contributed by atoms with Gasteiger partial charge in [-0.1, -0.05) is 139 Å². The van der Waals surface area contributed by atoms with E-state index in [0.717, 1.165) is 30.4 Å². The zero-order chi connectivity index (χ0) is 43.8. The van der Waals surface area contributed by atoms with E-state index in [4.69, 9.17) is 12.8 Å². The van der Waals surface area contributed by atoms with Crippen LogP contribution < -0.4 is 26.5 Å². The molecule has 328 valence electrons. The number of benzene rings is 8. The molecule has 0 saturated carbocycles. The van der Waals surface area contributed by atoms with E-state index in [-0.39, 0.29) is 44.8 Å². The molecule has 8 aromatic rings. The van der Waals surface area contributed by atoms with Crippen molar-refractivity contribution in [2.45, 2.75) is 38.8 Å². The largest absolute Gasteiger partial charge is 1.00 e. The van der Waals surface area contributed by atoms with Gasteiger partial charge in [0.1, 0.15) is 29.1 Å². The maximum atomic E-state index is 7.14. The Morgan fingerprint density at radius 1 is 0.439 bits per heavy atom. The second-order valence-electron chi connectivity index (χ2n) is 16.7. The van der Waals surface area contributed by atoms with Crippen molar-refractivity contribution in [3.63, 3.8) is 0 Å². The molecule has 0 spiro atoms. The molecule has 0 aliphatic heterocycles. The molecule has 11 rings (SSSR count).